The molecule has 198 valence electrons. The number of hydrogen-bond acceptors (Lipinski definition) is 6. The number of halogens is 2. The summed E-state index contributed by atoms with van der Waals surface area (Å²) in [5.41, 5.74) is 0.461. The van der Waals surface area contributed by atoms with Crippen molar-refractivity contribution in [1.82, 2.24) is 10.2 Å². The van der Waals surface area contributed by atoms with Crippen molar-refractivity contribution >= 4 is 52.0 Å². The van der Waals surface area contributed by atoms with E-state index < -0.39 is 11.9 Å². The predicted octanol–water partition coefficient (Wildman–Crippen LogP) is 3.91. The van der Waals surface area contributed by atoms with Crippen molar-refractivity contribution in [2.45, 2.75) is 44.2 Å². The van der Waals surface area contributed by atoms with Gasteiger partial charge in [0, 0.05) is 31.4 Å². The molecule has 0 spiro atoms. The van der Waals surface area contributed by atoms with Crippen LogP contribution in [0.5, 0.6) is 0 Å². The van der Waals surface area contributed by atoms with Crippen LogP contribution >= 0.6 is 22.9 Å². The molecular weight excluding hydrogens is 519 g/mol. The van der Waals surface area contributed by atoms with Crippen molar-refractivity contribution in [3.05, 3.63) is 45.4 Å². The number of nitrogens with zero attached hydrogens (tertiary/aromatic N) is 2. The number of ether oxygens (including phenoxy) is 1. The smallest absolute Gasteiger partial charge is 0.261 e. The lowest BCUT2D eigenvalue weighted by Crippen LogP contribution is -2.56. The van der Waals surface area contributed by atoms with Gasteiger partial charge in [0.25, 0.3) is 11.8 Å². The third kappa shape index (κ3) is 6.31. The van der Waals surface area contributed by atoms with Crippen molar-refractivity contribution in [1.29, 1.82) is 0 Å². The molecule has 3 fully saturated rings. The third-order valence-corrected chi connectivity index (χ3v) is 8.40. The summed E-state index contributed by atoms with van der Waals surface area (Å²) in [5.74, 6) is -0.976. The first-order valence-electron chi connectivity index (χ1n) is 12.7. The Hall–Kier alpha value is -2.53. The SMILES string of the molecule is O=C(NC[C@H](C(=O)Nc1ccc(N2CCOCC2=O)cc1F)N(CC1CC1)C1CCC1)c1ccc(Cl)s1. The molecule has 3 aliphatic rings. The second-order valence-electron chi connectivity index (χ2n) is 9.81. The number of morpholine rings is 1. The van der Waals surface area contributed by atoms with E-state index in [0.717, 1.165) is 38.6 Å². The molecule has 1 aliphatic heterocycles. The van der Waals surface area contributed by atoms with E-state index in [2.05, 4.69) is 15.5 Å². The fourth-order valence-electron chi connectivity index (χ4n) is 4.70. The molecule has 2 N–H and O–H groups in total. The maximum atomic E-state index is 15.1. The van der Waals surface area contributed by atoms with Crippen molar-refractivity contribution in [2.75, 3.05) is 43.1 Å². The third-order valence-electron chi connectivity index (χ3n) is 7.17. The molecule has 37 heavy (non-hydrogen) atoms. The molecule has 2 aromatic rings. The highest BCUT2D eigenvalue weighted by Crippen LogP contribution is 2.35. The number of anilines is 2. The lowest BCUT2D eigenvalue weighted by atomic mass is 9.89. The summed E-state index contributed by atoms with van der Waals surface area (Å²) in [4.78, 5) is 42.5. The molecule has 3 amide bonds. The molecule has 0 radical (unpaired) electrons. The van der Waals surface area contributed by atoms with E-state index in [1.807, 2.05) is 0 Å². The van der Waals surface area contributed by atoms with Gasteiger partial charge in [-0.15, -0.1) is 11.3 Å². The van der Waals surface area contributed by atoms with Gasteiger partial charge in [0.1, 0.15) is 18.5 Å². The number of nitrogens with one attached hydrogen (secondary N) is 2. The highest BCUT2D eigenvalue weighted by Gasteiger charge is 2.38. The van der Waals surface area contributed by atoms with E-state index in [4.69, 9.17) is 16.3 Å². The Morgan fingerprint density at radius 1 is 1.22 bits per heavy atom. The summed E-state index contributed by atoms with van der Waals surface area (Å²) in [6.07, 6.45) is 5.38. The first-order valence-corrected chi connectivity index (χ1v) is 13.9. The molecule has 5 rings (SSSR count). The minimum Gasteiger partial charge on any atom is -0.370 e. The Labute approximate surface area is 224 Å². The number of carbonyl (C=O) groups is 3. The van der Waals surface area contributed by atoms with Gasteiger partial charge in [-0.1, -0.05) is 18.0 Å². The summed E-state index contributed by atoms with van der Waals surface area (Å²) in [7, 11) is 0. The van der Waals surface area contributed by atoms with Crippen molar-refractivity contribution in [3.8, 4) is 0 Å². The van der Waals surface area contributed by atoms with Crippen LogP contribution in [-0.2, 0) is 14.3 Å². The quantitative estimate of drug-likeness (QED) is 0.470. The lowest BCUT2D eigenvalue weighted by Gasteiger charge is -2.42. The second-order valence-corrected chi connectivity index (χ2v) is 11.5. The second kappa shape index (κ2) is 11.5. The number of thiophene rings is 1. The van der Waals surface area contributed by atoms with Gasteiger partial charge in [0.15, 0.2) is 0 Å². The average Bonchev–Trinajstić information content (AvgIpc) is 3.56. The van der Waals surface area contributed by atoms with E-state index in [1.54, 1.807) is 18.2 Å². The monoisotopic (exact) mass is 548 g/mol. The summed E-state index contributed by atoms with van der Waals surface area (Å²) < 4.78 is 20.7. The van der Waals surface area contributed by atoms with Gasteiger partial charge in [0.2, 0.25) is 5.91 Å². The fourth-order valence-corrected chi connectivity index (χ4v) is 5.66. The minimum atomic E-state index is -0.648. The fraction of sp³-hybridized carbons (Fsp3) is 0.500. The molecule has 0 bridgehead atoms. The molecule has 2 heterocycles. The zero-order chi connectivity index (χ0) is 25.9. The maximum absolute atomic E-state index is 15.1. The molecule has 1 atom stereocenters. The van der Waals surface area contributed by atoms with Crippen LogP contribution in [-0.4, -0.2) is 67.6 Å². The van der Waals surface area contributed by atoms with E-state index in [9.17, 15) is 14.4 Å². The summed E-state index contributed by atoms with van der Waals surface area (Å²) in [6, 6.07) is 7.28. The van der Waals surface area contributed by atoms with Gasteiger partial charge < -0.3 is 20.3 Å². The van der Waals surface area contributed by atoms with Crippen LogP contribution in [0, 0.1) is 11.7 Å². The van der Waals surface area contributed by atoms with Gasteiger partial charge in [-0.25, -0.2) is 4.39 Å². The summed E-state index contributed by atoms with van der Waals surface area (Å²) in [5, 5.41) is 5.63. The normalized spacial score (nSPS) is 19.0. The van der Waals surface area contributed by atoms with Crippen LogP contribution < -0.4 is 15.5 Å². The average molecular weight is 549 g/mol. The van der Waals surface area contributed by atoms with Crippen molar-refractivity contribution < 1.29 is 23.5 Å². The van der Waals surface area contributed by atoms with Crippen LogP contribution in [0.2, 0.25) is 4.34 Å². The maximum Gasteiger partial charge on any atom is 0.261 e. The molecule has 11 heteroatoms. The van der Waals surface area contributed by atoms with Gasteiger partial charge in [-0.05, 0) is 61.9 Å². The predicted molar refractivity (Wildman–Crippen MR) is 141 cm³/mol. The van der Waals surface area contributed by atoms with Crippen LogP contribution in [0.25, 0.3) is 0 Å². The minimum absolute atomic E-state index is 0.0378. The Bertz CT molecular complexity index is 1170. The number of amides is 3. The highest BCUT2D eigenvalue weighted by atomic mass is 35.5. The van der Waals surface area contributed by atoms with E-state index in [0.29, 0.717) is 34.0 Å². The standard InChI is InChI=1S/C26H30ClFN4O4S/c27-23-9-8-22(37-23)26(35)29-13-21(32(14-16-4-5-16)17-2-1-3-17)25(34)30-20-7-6-18(12-19(20)28)31-10-11-36-15-24(31)33/h6-9,12,16-17,21H,1-5,10-11,13-15H2,(H,29,35)(H,30,34)/t21-/m1/s1. The molecule has 8 nitrogen and oxygen atoms in total. The van der Waals surface area contributed by atoms with E-state index in [-0.39, 0.29) is 42.6 Å². The van der Waals surface area contributed by atoms with E-state index >= 15 is 4.39 Å². The molecule has 1 saturated heterocycles. The molecule has 2 aliphatic carbocycles. The lowest BCUT2D eigenvalue weighted by molar-refractivity contribution is -0.125. The first kappa shape index (κ1) is 26.1. The van der Waals surface area contributed by atoms with Gasteiger partial charge in [-0.3, -0.25) is 19.3 Å². The number of rotatable bonds is 10. The van der Waals surface area contributed by atoms with E-state index in [1.165, 1.54) is 28.4 Å². The molecular formula is C26H30ClFN4O4S. The number of carbonyl (C=O) groups excluding carboxylic acids is 3. The van der Waals surface area contributed by atoms with Crippen LogP contribution in [0.1, 0.15) is 41.8 Å². The largest absolute Gasteiger partial charge is 0.370 e. The topological polar surface area (TPSA) is 91.0 Å². The Kier molecular flexibility index (Phi) is 8.09. The van der Waals surface area contributed by atoms with Crippen LogP contribution in [0.4, 0.5) is 15.8 Å². The number of benzene rings is 1. The van der Waals surface area contributed by atoms with Gasteiger partial charge in [-0.2, -0.15) is 0 Å². The van der Waals surface area contributed by atoms with Gasteiger partial charge in [0.05, 0.1) is 21.5 Å². The number of hydrogen-bond donors (Lipinski definition) is 2. The highest BCUT2D eigenvalue weighted by molar-refractivity contribution is 7.18. The molecule has 2 saturated carbocycles. The molecule has 1 aromatic carbocycles. The Balaban J connectivity index is 1.32. The first-order chi connectivity index (χ1) is 17.9. The molecule has 1 aromatic heterocycles. The molecule has 0 unspecified atom stereocenters. The Morgan fingerprint density at radius 2 is 2.03 bits per heavy atom. The summed E-state index contributed by atoms with van der Waals surface area (Å²) >= 11 is 7.16. The van der Waals surface area contributed by atoms with Crippen LogP contribution in [0.3, 0.4) is 0 Å². The Morgan fingerprint density at radius 3 is 2.65 bits per heavy atom. The van der Waals surface area contributed by atoms with Crippen molar-refractivity contribution in [3.63, 3.8) is 0 Å². The van der Waals surface area contributed by atoms with Crippen LogP contribution in [0.15, 0.2) is 30.3 Å². The van der Waals surface area contributed by atoms with Gasteiger partial charge >= 0.3 is 0 Å². The summed E-state index contributed by atoms with van der Waals surface area (Å²) in [6.45, 7) is 1.58. The van der Waals surface area contributed by atoms with Crippen molar-refractivity contribution in [2.24, 2.45) is 5.92 Å². The zero-order valence-corrected chi connectivity index (χ0v) is 22.0. The zero-order valence-electron chi connectivity index (χ0n) is 20.4.